The van der Waals surface area contributed by atoms with Crippen LogP contribution in [0.5, 0.6) is 5.88 Å². The van der Waals surface area contributed by atoms with Crippen molar-refractivity contribution in [3.05, 3.63) is 83.6 Å². The van der Waals surface area contributed by atoms with E-state index >= 15 is 0 Å². The number of fused-ring (bicyclic) bond motifs is 7. The van der Waals surface area contributed by atoms with Gasteiger partial charge in [-0.15, -0.1) is 0 Å². The number of hydrogen-bond acceptors (Lipinski definition) is 7. The monoisotopic (exact) mass is 608 g/mol. The Morgan fingerprint density at radius 1 is 1.09 bits per heavy atom. The van der Waals surface area contributed by atoms with Gasteiger partial charge in [-0.1, -0.05) is 31.6 Å². The third kappa shape index (κ3) is 4.16. The molecule has 0 bridgehead atoms. The van der Waals surface area contributed by atoms with Crippen LogP contribution in [0.3, 0.4) is 0 Å². The Morgan fingerprint density at radius 2 is 1.87 bits per heavy atom. The summed E-state index contributed by atoms with van der Waals surface area (Å²) in [6.45, 7) is 3.96. The third-order valence-corrected chi connectivity index (χ3v) is 11.9. The van der Waals surface area contributed by atoms with Crippen molar-refractivity contribution in [1.82, 2.24) is 19.7 Å². The predicted octanol–water partition coefficient (Wildman–Crippen LogP) is 5.49. The Balaban J connectivity index is 1.04. The fourth-order valence-electron chi connectivity index (χ4n) is 9.70. The molecule has 4 aliphatic rings. The summed E-state index contributed by atoms with van der Waals surface area (Å²) >= 11 is 0. The number of Topliss-reactive ketones (excluding diaryl/α,β-unsaturated/α-hetero) is 1. The summed E-state index contributed by atoms with van der Waals surface area (Å²) in [7, 11) is 0. The fourth-order valence-corrected chi connectivity index (χ4v) is 9.70. The number of rotatable bonds is 5. The lowest BCUT2D eigenvalue weighted by Crippen LogP contribution is -2.62. The molecular formula is C36H37FN4O4. The number of nitrogens with zero attached hydrogens (tertiary/aromatic N) is 4. The van der Waals surface area contributed by atoms with Crippen molar-refractivity contribution in [3.63, 3.8) is 0 Å². The highest BCUT2D eigenvalue weighted by molar-refractivity contribution is 5.90. The van der Waals surface area contributed by atoms with Crippen LogP contribution in [0.15, 0.2) is 66.5 Å². The molecule has 0 saturated heterocycles. The molecule has 4 aromatic rings. The molecule has 3 fully saturated rings. The van der Waals surface area contributed by atoms with Gasteiger partial charge in [0.05, 0.1) is 40.9 Å². The van der Waals surface area contributed by atoms with Crippen LogP contribution in [-0.4, -0.2) is 54.1 Å². The lowest BCUT2D eigenvalue weighted by Gasteiger charge is -2.60. The number of benzene rings is 2. The molecule has 0 amide bonds. The van der Waals surface area contributed by atoms with Crippen molar-refractivity contribution in [2.45, 2.75) is 64.1 Å². The van der Waals surface area contributed by atoms with Crippen LogP contribution in [0.25, 0.3) is 22.8 Å². The number of hydrogen-bond donors (Lipinski definition) is 2. The zero-order chi connectivity index (χ0) is 31.1. The van der Waals surface area contributed by atoms with E-state index in [1.54, 1.807) is 12.1 Å². The fraction of sp³-hybridized carbons (Fsp3) is 0.444. The first-order chi connectivity index (χ1) is 21.6. The first-order valence-electron chi connectivity index (χ1n) is 15.9. The summed E-state index contributed by atoms with van der Waals surface area (Å²) in [5.74, 6) is -0.140. The number of ether oxygens (including phenoxy) is 1. The highest BCUT2D eigenvalue weighted by Crippen LogP contribution is 2.67. The number of carbonyl (C=O) groups is 1. The summed E-state index contributed by atoms with van der Waals surface area (Å²) in [5, 5.41) is 28.7. The number of halogens is 1. The lowest BCUT2D eigenvalue weighted by atomic mass is 9.45. The van der Waals surface area contributed by atoms with Crippen LogP contribution in [0, 0.1) is 34.4 Å². The lowest BCUT2D eigenvalue weighted by molar-refractivity contribution is -0.180. The molecule has 2 aromatic carbocycles. The Labute approximate surface area is 261 Å². The van der Waals surface area contributed by atoms with Gasteiger partial charge in [0.2, 0.25) is 11.7 Å². The minimum atomic E-state index is -1.60. The standard InChI is InChI=1S/C36H37FN4O4/c1-34-16-21-18-39-41(24-10-8-23(37)9-11-24)29(21)15-22(34)7-12-25-26-13-14-36(44,35(26,2)17-30(42)33(25)34)31(43)20-45-32-19-38-27-5-3-4-6-28(27)40-32/h3-6,8-11,15,18-19,25-26,30,33,42,44H,7,12-14,16-17,20H2,1-2H3/t25?,26?,30-,33?,34?,35?,36-/m0/s1. The smallest absolute Gasteiger partial charge is 0.233 e. The van der Waals surface area contributed by atoms with Gasteiger partial charge in [-0.05, 0) is 110 Å². The van der Waals surface area contributed by atoms with E-state index in [9.17, 15) is 19.4 Å². The van der Waals surface area contributed by atoms with E-state index < -0.39 is 17.1 Å². The molecule has 7 atom stereocenters. The molecule has 8 nitrogen and oxygen atoms in total. The van der Waals surface area contributed by atoms with Crippen molar-refractivity contribution in [2.24, 2.45) is 28.6 Å². The predicted molar refractivity (Wildman–Crippen MR) is 166 cm³/mol. The molecule has 9 heteroatoms. The van der Waals surface area contributed by atoms with E-state index in [0.717, 1.165) is 48.1 Å². The summed E-state index contributed by atoms with van der Waals surface area (Å²) in [6, 6.07) is 13.8. The van der Waals surface area contributed by atoms with Gasteiger partial charge >= 0.3 is 0 Å². The Bertz CT molecular complexity index is 1860. The average molecular weight is 609 g/mol. The van der Waals surface area contributed by atoms with Gasteiger partial charge in [-0.2, -0.15) is 5.10 Å². The number of aliphatic hydroxyl groups is 2. The van der Waals surface area contributed by atoms with E-state index in [1.807, 2.05) is 42.1 Å². The number of carbonyl (C=O) groups excluding carboxylic acids is 1. The van der Waals surface area contributed by atoms with Crippen LogP contribution in [0.2, 0.25) is 0 Å². The van der Waals surface area contributed by atoms with Gasteiger partial charge in [0, 0.05) is 5.41 Å². The second-order valence-corrected chi connectivity index (χ2v) is 14.0. The average Bonchev–Trinajstić information content (AvgIpc) is 3.55. The van der Waals surface area contributed by atoms with E-state index in [0.29, 0.717) is 18.4 Å². The number of ketones is 1. The molecule has 4 aliphatic carbocycles. The number of aliphatic hydroxyl groups excluding tert-OH is 1. The molecule has 232 valence electrons. The second kappa shape index (κ2) is 10.0. The maximum atomic E-state index is 13.8. The molecule has 8 rings (SSSR count). The highest BCUT2D eigenvalue weighted by Gasteiger charge is 2.68. The molecule has 2 N–H and O–H groups in total. The van der Waals surface area contributed by atoms with Crippen LogP contribution >= 0.6 is 0 Å². The van der Waals surface area contributed by atoms with E-state index in [2.05, 4.69) is 28.1 Å². The van der Waals surface area contributed by atoms with Crippen molar-refractivity contribution in [2.75, 3.05) is 6.61 Å². The molecular weight excluding hydrogens is 571 g/mol. The molecule has 0 radical (unpaired) electrons. The number of aromatic nitrogens is 4. The Kier molecular flexibility index (Phi) is 6.35. The Hall–Kier alpha value is -3.95. The quantitative estimate of drug-likeness (QED) is 0.309. The zero-order valence-corrected chi connectivity index (χ0v) is 25.5. The number of allylic oxidation sites excluding steroid dienone is 1. The van der Waals surface area contributed by atoms with Gasteiger partial charge in [-0.3, -0.25) is 4.79 Å². The van der Waals surface area contributed by atoms with Crippen LogP contribution in [0.4, 0.5) is 4.39 Å². The van der Waals surface area contributed by atoms with Crippen molar-refractivity contribution in [3.8, 4) is 11.6 Å². The maximum absolute atomic E-state index is 13.8. The number of para-hydroxylation sites is 2. The topological polar surface area (TPSA) is 110 Å². The highest BCUT2D eigenvalue weighted by atomic mass is 19.1. The van der Waals surface area contributed by atoms with E-state index in [-0.39, 0.29) is 47.3 Å². The minimum absolute atomic E-state index is 0.000489. The molecule has 0 spiro atoms. The second-order valence-electron chi connectivity index (χ2n) is 14.0. The van der Waals surface area contributed by atoms with E-state index in [4.69, 9.17) is 4.74 Å². The molecule has 2 heterocycles. The molecule has 5 unspecified atom stereocenters. The van der Waals surface area contributed by atoms with Gasteiger partial charge < -0.3 is 14.9 Å². The summed E-state index contributed by atoms with van der Waals surface area (Å²) in [4.78, 5) is 22.6. The van der Waals surface area contributed by atoms with Crippen molar-refractivity contribution < 1.29 is 24.1 Å². The molecule has 3 saturated carbocycles. The molecule has 45 heavy (non-hydrogen) atoms. The Morgan fingerprint density at radius 3 is 2.67 bits per heavy atom. The summed E-state index contributed by atoms with van der Waals surface area (Å²) in [6.07, 6.45) is 8.89. The normalized spacial score (nSPS) is 33.5. The van der Waals surface area contributed by atoms with Crippen molar-refractivity contribution >= 4 is 22.9 Å². The molecule has 0 aliphatic heterocycles. The van der Waals surface area contributed by atoms with Crippen LogP contribution in [0.1, 0.15) is 57.2 Å². The zero-order valence-electron chi connectivity index (χ0n) is 25.5. The van der Waals surface area contributed by atoms with Gasteiger partial charge in [0.1, 0.15) is 11.4 Å². The first-order valence-corrected chi connectivity index (χ1v) is 15.9. The van der Waals surface area contributed by atoms with Gasteiger partial charge in [0.15, 0.2) is 6.61 Å². The minimum Gasteiger partial charge on any atom is -0.468 e. The summed E-state index contributed by atoms with van der Waals surface area (Å²) in [5.41, 5.74) is 3.02. The largest absolute Gasteiger partial charge is 0.468 e. The summed E-state index contributed by atoms with van der Waals surface area (Å²) < 4.78 is 21.3. The van der Waals surface area contributed by atoms with Crippen LogP contribution in [-0.2, 0) is 11.2 Å². The van der Waals surface area contributed by atoms with Crippen molar-refractivity contribution in [1.29, 1.82) is 0 Å². The SMILES string of the molecule is CC12Cc3cnn(-c4ccc(F)cc4)c3C=C1CCC1C2[C@@H](O)CC2(C)C1CC[C@]2(O)C(=O)COc1cnc2ccccc2n1. The van der Waals surface area contributed by atoms with Gasteiger partial charge in [0.25, 0.3) is 0 Å². The maximum Gasteiger partial charge on any atom is 0.233 e. The van der Waals surface area contributed by atoms with Crippen LogP contribution < -0.4 is 4.74 Å². The first kappa shape index (κ1) is 28.5. The van der Waals surface area contributed by atoms with Gasteiger partial charge in [-0.25, -0.2) is 19.0 Å². The molecule has 2 aromatic heterocycles. The third-order valence-electron chi connectivity index (χ3n) is 11.9. The van der Waals surface area contributed by atoms with E-state index in [1.165, 1.54) is 23.9 Å².